The van der Waals surface area contributed by atoms with Crippen molar-refractivity contribution in [1.82, 2.24) is 4.72 Å². The smallest absolute Gasteiger partial charge is 0.343 e. The molecule has 0 saturated carbocycles. The second kappa shape index (κ2) is 9.87. The first-order valence-corrected chi connectivity index (χ1v) is 14.3. The van der Waals surface area contributed by atoms with E-state index in [9.17, 15) is 26.4 Å². The molecule has 0 aliphatic carbocycles. The molecule has 1 saturated heterocycles. The van der Waals surface area contributed by atoms with Crippen molar-refractivity contribution in [3.05, 3.63) is 88.5 Å². The Morgan fingerprint density at radius 3 is 2.38 bits per heavy atom. The van der Waals surface area contributed by atoms with Gasteiger partial charge >= 0.3 is 26.3 Å². The molecule has 12 heteroatoms. The number of carbonyl (C=O) groups excluding carboxylic acids is 2. The topological polar surface area (TPSA) is 136 Å². The number of benzene rings is 3. The fourth-order valence-corrected chi connectivity index (χ4v) is 5.72. The van der Waals surface area contributed by atoms with E-state index in [4.69, 9.17) is 8.92 Å². The van der Waals surface area contributed by atoms with E-state index < -0.39 is 38.7 Å². The van der Waals surface area contributed by atoms with Crippen LogP contribution in [0.4, 0.5) is 5.69 Å². The average Bonchev–Trinajstić information content (AvgIpc) is 3.08. The number of rotatable bonds is 7. The van der Waals surface area contributed by atoms with Crippen molar-refractivity contribution in [2.75, 3.05) is 17.1 Å². The Kier molecular flexibility index (Phi) is 6.98. The first-order valence-electron chi connectivity index (χ1n) is 11.1. The Morgan fingerprint density at radius 2 is 1.76 bits per heavy atom. The summed E-state index contributed by atoms with van der Waals surface area (Å²) >= 11 is 0. The number of esters is 1. The van der Waals surface area contributed by atoms with E-state index in [2.05, 4.69) is 0 Å². The third-order valence-corrected chi connectivity index (χ3v) is 7.31. The molecule has 0 bridgehead atoms. The molecule has 194 valence electrons. The molecule has 0 unspecified atom stereocenters. The Bertz CT molecular complexity index is 1600. The molecule has 1 fully saturated rings. The molecule has 1 N–H and O–H groups in total. The van der Waals surface area contributed by atoms with Crippen LogP contribution in [-0.4, -0.2) is 41.5 Å². The summed E-state index contributed by atoms with van der Waals surface area (Å²) in [5.74, 6) is -1.33. The molecule has 1 aliphatic rings. The van der Waals surface area contributed by atoms with Gasteiger partial charge in [-0.15, -0.1) is 0 Å². The first kappa shape index (κ1) is 26.2. The van der Waals surface area contributed by atoms with Crippen molar-refractivity contribution >= 4 is 37.9 Å². The number of ether oxygens (including phenoxy) is 1. The van der Waals surface area contributed by atoms with Gasteiger partial charge in [0.15, 0.2) is 5.75 Å². The molecule has 10 nitrogen and oxygen atoms in total. The second-order valence-corrected chi connectivity index (χ2v) is 11.8. The molecule has 1 heterocycles. The van der Waals surface area contributed by atoms with E-state index >= 15 is 0 Å². The minimum Gasteiger partial charge on any atom is -0.421 e. The van der Waals surface area contributed by atoms with Crippen LogP contribution in [0.25, 0.3) is 0 Å². The number of nitrogens with one attached hydrogen (secondary N) is 1. The number of aryl methyl sites for hydroxylation is 2. The zero-order valence-electron chi connectivity index (χ0n) is 20.2. The van der Waals surface area contributed by atoms with E-state index in [1.165, 1.54) is 12.1 Å². The summed E-state index contributed by atoms with van der Waals surface area (Å²) in [7, 11) is -7.97. The minimum absolute atomic E-state index is 0.000543. The standard InChI is InChI=1S/C25H24N2O8S2/c1-16-11-17(2)24(35-36(3,30)31)20(12-16)13-18-9-10-21(27-15-23(28)26-37(27,32)33)22(14-18)34-25(29)19-7-5-4-6-8-19/h4-12,14H,13,15H2,1-3H3,(H,26,28). The predicted octanol–water partition coefficient (Wildman–Crippen LogP) is 2.63. The van der Waals surface area contributed by atoms with Gasteiger partial charge in [0, 0.05) is 12.0 Å². The van der Waals surface area contributed by atoms with Crippen LogP contribution in [0.2, 0.25) is 0 Å². The molecule has 1 amide bonds. The highest BCUT2D eigenvalue weighted by Crippen LogP contribution is 2.35. The number of carbonyl (C=O) groups is 2. The van der Waals surface area contributed by atoms with Crippen molar-refractivity contribution < 1.29 is 35.3 Å². The Labute approximate surface area is 215 Å². The molecule has 0 spiro atoms. The van der Waals surface area contributed by atoms with E-state index in [-0.39, 0.29) is 29.2 Å². The summed E-state index contributed by atoms with van der Waals surface area (Å²) in [5.41, 5.74) is 2.91. The fraction of sp³-hybridized carbons (Fsp3) is 0.200. The van der Waals surface area contributed by atoms with Crippen LogP contribution in [0.3, 0.4) is 0 Å². The number of anilines is 1. The lowest BCUT2D eigenvalue weighted by Gasteiger charge is -2.20. The van der Waals surface area contributed by atoms with Crippen LogP contribution in [0, 0.1) is 13.8 Å². The summed E-state index contributed by atoms with van der Waals surface area (Å²) < 4.78 is 62.2. The van der Waals surface area contributed by atoms with Crippen LogP contribution in [0.5, 0.6) is 11.5 Å². The number of nitrogens with zero attached hydrogens (tertiary/aromatic N) is 1. The maximum Gasteiger partial charge on any atom is 0.343 e. The van der Waals surface area contributed by atoms with Gasteiger partial charge in [-0.2, -0.15) is 16.8 Å². The monoisotopic (exact) mass is 544 g/mol. The van der Waals surface area contributed by atoms with Gasteiger partial charge in [-0.1, -0.05) is 42.0 Å². The lowest BCUT2D eigenvalue weighted by Crippen LogP contribution is -2.30. The number of hydrogen-bond acceptors (Lipinski definition) is 8. The lowest BCUT2D eigenvalue weighted by molar-refractivity contribution is -0.117. The van der Waals surface area contributed by atoms with Crippen LogP contribution < -0.4 is 17.9 Å². The average molecular weight is 545 g/mol. The summed E-state index contributed by atoms with van der Waals surface area (Å²) in [6.07, 6.45) is 1.14. The normalized spacial score (nSPS) is 14.8. The minimum atomic E-state index is -4.17. The fourth-order valence-electron chi connectivity index (χ4n) is 4.01. The Hall–Kier alpha value is -3.90. The van der Waals surface area contributed by atoms with Gasteiger partial charge in [-0.25, -0.2) is 13.8 Å². The summed E-state index contributed by atoms with van der Waals surface area (Å²) in [4.78, 5) is 24.6. The van der Waals surface area contributed by atoms with Crippen LogP contribution in [-0.2, 0) is 31.5 Å². The third kappa shape index (κ3) is 6.09. The van der Waals surface area contributed by atoms with Crippen molar-refractivity contribution in [2.45, 2.75) is 20.3 Å². The third-order valence-electron chi connectivity index (χ3n) is 5.45. The molecular weight excluding hydrogens is 520 g/mol. The molecule has 0 radical (unpaired) electrons. The molecule has 0 atom stereocenters. The summed E-state index contributed by atoms with van der Waals surface area (Å²) in [6, 6.07) is 16.2. The van der Waals surface area contributed by atoms with Crippen molar-refractivity contribution in [3.8, 4) is 11.5 Å². The van der Waals surface area contributed by atoms with Crippen molar-refractivity contribution in [3.63, 3.8) is 0 Å². The van der Waals surface area contributed by atoms with Crippen LogP contribution in [0.15, 0.2) is 60.7 Å². The van der Waals surface area contributed by atoms with E-state index in [0.717, 1.165) is 16.1 Å². The molecule has 3 aromatic rings. The molecule has 0 aromatic heterocycles. The van der Waals surface area contributed by atoms with Gasteiger partial charge in [0.1, 0.15) is 12.3 Å². The lowest BCUT2D eigenvalue weighted by atomic mass is 9.99. The van der Waals surface area contributed by atoms with E-state index in [1.807, 2.05) is 11.6 Å². The van der Waals surface area contributed by atoms with Crippen LogP contribution in [0.1, 0.15) is 32.6 Å². The molecular formula is C25H24N2O8S2. The summed E-state index contributed by atoms with van der Waals surface area (Å²) in [6.45, 7) is 3.12. The van der Waals surface area contributed by atoms with Gasteiger partial charge in [0.05, 0.1) is 17.5 Å². The predicted molar refractivity (Wildman–Crippen MR) is 136 cm³/mol. The maximum absolute atomic E-state index is 12.8. The van der Waals surface area contributed by atoms with Gasteiger partial charge in [0.2, 0.25) is 0 Å². The Morgan fingerprint density at radius 1 is 1.05 bits per heavy atom. The van der Waals surface area contributed by atoms with Crippen molar-refractivity contribution in [1.29, 1.82) is 0 Å². The SMILES string of the molecule is Cc1cc(C)c(OS(C)(=O)=O)c(Cc2ccc(N3CC(=O)NS3(=O)=O)c(OC(=O)c3ccccc3)c2)c1. The van der Waals surface area contributed by atoms with Gasteiger partial charge in [-0.3, -0.25) is 4.79 Å². The maximum atomic E-state index is 12.8. The van der Waals surface area contributed by atoms with Crippen LogP contribution >= 0.6 is 0 Å². The zero-order valence-corrected chi connectivity index (χ0v) is 21.9. The summed E-state index contributed by atoms with van der Waals surface area (Å²) in [5, 5.41) is 0. The zero-order chi connectivity index (χ0) is 27.0. The van der Waals surface area contributed by atoms with E-state index in [0.29, 0.717) is 16.7 Å². The molecule has 1 aliphatic heterocycles. The molecule has 4 rings (SSSR count). The largest absolute Gasteiger partial charge is 0.421 e. The first-order chi connectivity index (χ1) is 17.3. The Balaban J connectivity index is 1.77. The van der Waals surface area contributed by atoms with Gasteiger partial charge < -0.3 is 8.92 Å². The second-order valence-electron chi connectivity index (χ2n) is 8.63. The molecule has 3 aromatic carbocycles. The highest BCUT2D eigenvalue weighted by Gasteiger charge is 2.36. The van der Waals surface area contributed by atoms with E-state index in [1.54, 1.807) is 55.5 Å². The van der Waals surface area contributed by atoms with Crippen molar-refractivity contribution in [2.24, 2.45) is 0 Å². The highest BCUT2D eigenvalue weighted by atomic mass is 32.2. The number of amides is 1. The highest BCUT2D eigenvalue weighted by molar-refractivity contribution is 7.92. The molecule has 37 heavy (non-hydrogen) atoms. The van der Waals surface area contributed by atoms with Gasteiger partial charge in [0.25, 0.3) is 5.91 Å². The quantitative estimate of drug-likeness (QED) is 0.272. The number of hydrogen-bond donors (Lipinski definition) is 1. The van der Waals surface area contributed by atoms with Gasteiger partial charge in [-0.05, 0) is 49.2 Å².